The van der Waals surface area contributed by atoms with Crippen LogP contribution in [0.3, 0.4) is 0 Å². The summed E-state index contributed by atoms with van der Waals surface area (Å²) in [5.41, 5.74) is 3.63. The van der Waals surface area contributed by atoms with Crippen molar-refractivity contribution in [2.75, 3.05) is 7.05 Å². The molecule has 1 aromatic carbocycles. The molecule has 4 atom stereocenters. The summed E-state index contributed by atoms with van der Waals surface area (Å²) >= 11 is 0. The summed E-state index contributed by atoms with van der Waals surface area (Å²) in [7, 11) is 2.18. The number of nitrogens with zero attached hydrogens (tertiary/aromatic N) is 4. The maximum absolute atomic E-state index is 6.48. The monoisotopic (exact) mass is 376 g/mol. The van der Waals surface area contributed by atoms with Crippen LogP contribution in [-0.2, 0) is 0 Å². The maximum atomic E-state index is 6.48. The van der Waals surface area contributed by atoms with Gasteiger partial charge in [0.25, 0.3) is 0 Å². The Morgan fingerprint density at radius 3 is 2.54 bits per heavy atom. The van der Waals surface area contributed by atoms with Crippen molar-refractivity contribution in [3.63, 3.8) is 0 Å². The highest BCUT2D eigenvalue weighted by Gasteiger charge is 2.32. The molecule has 2 unspecified atom stereocenters. The van der Waals surface area contributed by atoms with Gasteiger partial charge in [-0.05, 0) is 68.8 Å². The summed E-state index contributed by atoms with van der Waals surface area (Å²) in [6.45, 7) is 4.59. The van der Waals surface area contributed by atoms with Crippen molar-refractivity contribution in [1.82, 2.24) is 19.5 Å². The minimum atomic E-state index is 0.110. The number of likely N-dealkylation sites (tertiary alicyclic amines) is 1. The molecule has 5 nitrogen and oxygen atoms in total. The predicted octanol–water partition coefficient (Wildman–Crippen LogP) is 4.90. The van der Waals surface area contributed by atoms with Gasteiger partial charge in [0.15, 0.2) is 11.5 Å². The van der Waals surface area contributed by atoms with Crippen LogP contribution < -0.4 is 4.74 Å². The van der Waals surface area contributed by atoms with Gasteiger partial charge >= 0.3 is 0 Å². The summed E-state index contributed by atoms with van der Waals surface area (Å²) < 4.78 is 8.60. The second kappa shape index (κ2) is 6.89. The van der Waals surface area contributed by atoms with Gasteiger partial charge in [0, 0.05) is 6.04 Å². The maximum Gasteiger partial charge on any atom is 0.161 e. The second-order valence-electron chi connectivity index (χ2n) is 8.47. The number of rotatable bonds is 3. The number of hydrogen-bond donors (Lipinski definition) is 0. The second-order valence-corrected chi connectivity index (χ2v) is 8.47. The molecule has 1 saturated heterocycles. The molecule has 1 aliphatic heterocycles. The van der Waals surface area contributed by atoms with Crippen LogP contribution in [0.2, 0.25) is 0 Å². The average molecular weight is 377 g/mol. The fourth-order valence-electron chi connectivity index (χ4n) is 4.86. The molecule has 0 radical (unpaired) electrons. The van der Waals surface area contributed by atoms with Gasteiger partial charge in [-0.2, -0.15) is 0 Å². The number of benzene rings is 1. The smallest absolute Gasteiger partial charge is 0.161 e. The third-order valence-electron chi connectivity index (χ3n) is 6.76. The van der Waals surface area contributed by atoms with Gasteiger partial charge in [0.05, 0.1) is 12.2 Å². The van der Waals surface area contributed by atoms with Crippen LogP contribution in [0.1, 0.15) is 74.5 Å². The Balaban J connectivity index is 1.46. The first-order chi connectivity index (χ1) is 13.6. The first-order valence-corrected chi connectivity index (χ1v) is 10.4. The van der Waals surface area contributed by atoms with Gasteiger partial charge in [-0.15, -0.1) is 10.2 Å². The lowest BCUT2D eigenvalue weighted by molar-refractivity contribution is 0.177. The van der Waals surface area contributed by atoms with E-state index in [-0.39, 0.29) is 6.10 Å². The molecule has 0 spiro atoms. The largest absolute Gasteiger partial charge is 0.484 e. The van der Waals surface area contributed by atoms with Crippen molar-refractivity contribution in [1.29, 1.82) is 0 Å². The van der Waals surface area contributed by atoms with E-state index in [2.05, 4.69) is 70.9 Å². The molecule has 3 heterocycles. The van der Waals surface area contributed by atoms with Crippen LogP contribution in [-0.4, -0.2) is 32.6 Å². The average Bonchev–Trinajstić information content (AvgIpc) is 3.27. The zero-order valence-corrected chi connectivity index (χ0v) is 16.9. The molecule has 0 amide bonds. The first kappa shape index (κ1) is 17.7. The Kier molecular flexibility index (Phi) is 4.35. The number of fused-ring (bicyclic) bond motifs is 2. The van der Waals surface area contributed by atoms with Crippen molar-refractivity contribution in [2.45, 2.75) is 63.6 Å². The summed E-state index contributed by atoms with van der Waals surface area (Å²) in [6, 6.07) is 13.6. The quantitative estimate of drug-likeness (QED) is 0.652. The van der Waals surface area contributed by atoms with E-state index in [1.807, 2.05) is 12.1 Å². The van der Waals surface area contributed by atoms with Crippen LogP contribution in [0, 0.1) is 0 Å². The highest BCUT2D eigenvalue weighted by molar-refractivity contribution is 5.42. The van der Waals surface area contributed by atoms with E-state index in [1.165, 1.54) is 17.5 Å². The Morgan fingerprint density at radius 2 is 1.75 bits per heavy atom. The van der Waals surface area contributed by atoms with Crippen molar-refractivity contribution in [3.05, 3.63) is 59.5 Å². The summed E-state index contributed by atoms with van der Waals surface area (Å²) in [4.78, 5) is 2.41. The Labute approximate surface area is 166 Å². The molecule has 1 fully saturated rings. The molecule has 0 N–H and O–H groups in total. The Bertz CT molecular complexity index is 997. The summed E-state index contributed by atoms with van der Waals surface area (Å²) in [6.07, 6.45) is 6.71. The Hall–Kier alpha value is -2.40. The van der Waals surface area contributed by atoms with Crippen LogP contribution >= 0.6 is 0 Å². The van der Waals surface area contributed by atoms with Crippen molar-refractivity contribution < 1.29 is 4.74 Å². The molecule has 5 rings (SSSR count). The number of hydrogen-bond acceptors (Lipinski definition) is 4. The molecule has 3 aromatic rings. The predicted molar refractivity (Wildman–Crippen MR) is 110 cm³/mol. The minimum absolute atomic E-state index is 0.110. The topological polar surface area (TPSA) is 42.7 Å². The zero-order valence-electron chi connectivity index (χ0n) is 16.9. The number of ether oxygens (including phenoxy) is 1. The number of pyridine rings is 1. The van der Waals surface area contributed by atoms with Gasteiger partial charge in [0.1, 0.15) is 11.9 Å². The molecule has 28 heavy (non-hydrogen) atoms. The number of aromatic nitrogens is 3. The van der Waals surface area contributed by atoms with Gasteiger partial charge in [0.2, 0.25) is 0 Å². The van der Waals surface area contributed by atoms with E-state index in [9.17, 15) is 0 Å². The lowest BCUT2D eigenvalue weighted by atomic mass is 9.82. The molecule has 0 saturated carbocycles. The normalized spacial score (nSPS) is 27.8. The highest BCUT2D eigenvalue weighted by atomic mass is 16.5. The highest BCUT2D eigenvalue weighted by Crippen LogP contribution is 2.40. The van der Waals surface area contributed by atoms with Gasteiger partial charge in [-0.25, -0.2) is 0 Å². The van der Waals surface area contributed by atoms with E-state index in [0.29, 0.717) is 18.0 Å². The third-order valence-corrected chi connectivity index (χ3v) is 6.76. The zero-order chi connectivity index (χ0) is 19.3. The summed E-state index contributed by atoms with van der Waals surface area (Å²) in [5, 5.41) is 8.90. The minimum Gasteiger partial charge on any atom is -0.484 e. The molecular weight excluding hydrogens is 348 g/mol. The van der Waals surface area contributed by atoms with Crippen LogP contribution in [0.5, 0.6) is 5.75 Å². The van der Waals surface area contributed by atoms with E-state index >= 15 is 0 Å². The van der Waals surface area contributed by atoms with E-state index in [4.69, 9.17) is 4.74 Å². The molecule has 146 valence electrons. The lowest BCUT2D eigenvalue weighted by Gasteiger charge is -2.30. The van der Waals surface area contributed by atoms with Crippen molar-refractivity contribution >= 4 is 5.65 Å². The van der Waals surface area contributed by atoms with Gasteiger partial charge < -0.3 is 4.74 Å². The standard InChI is InChI=1S/C23H28N4O/c1-15-8-12-21(19-7-5-4-6-18(15)19)28-17-10-13-22-24-25-23(27(22)14-17)20-11-9-16(2)26(20)3/h4-7,10,13-16,20-21H,8-9,11-12H2,1-3H3/t15?,16-,20-,21?/m0/s1. The van der Waals surface area contributed by atoms with Crippen molar-refractivity contribution in [2.24, 2.45) is 0 Å². The molecule has 2 aliphatic rings. The fourth-order valence-corrected chi connectivity index (χ4v) is 4.86. The molecule has 1 aliphatic carbocycles. The first-order valence-electron chi connectivity index (χ1n) is 10.4. The third kappa shape index (κ3) is 2.89. The van der Waals surface area contributed by atoms with E-state index in [1.54, 1.807) is 0 Å². The van der Waals surface area contributed by atoms with Crippen LogP contribution in [0.4, 0.5) is 0 Å². The van der Waals surface area contributed by atoms with Gasteiger partial charge in [-0.1, -0.05) is 31.2 Å². The fraction of sp³-hybridized carbons (Fsp3) is 0.478. The van der Waals surface area contributed by atoms with Crippen molar-refractivity contribution in [3.8, 4) is 5.75 Å². The molecular formula is C23H28N4O. The lowest BCUT2D eigenvalue weighted by Crippen LogP contribution is -2.26. The molecule has 2 aromatic heterocycles. The Morgan fingerprint density at radius 1 is 0.929 bits per heavy atom. The molecule has 0 bridgehead atoms. The van der Waals surface area contributed by atoms with E-state index in [0.717, 1.165) is 36.5 Å². The summed E-state index contributed by atoms with van der Waals surface area (Å²) in [5.74, 6) is 2.50. The molecule has 5 heteroatoms. The SMILES string of the molecule is CC1CCC(Oc2ccc3nnc([C@@H]4CC[C@H](C)N4C)n3c2)c2ccccc21. The van der Waals surface area contributed by atoms with E-state index < -0.39 is 0 Å². The van der Waals surface area contributed by atoms with Crippen LogP contribution in [0.25, 0.3) is 5.65 Å². The van der Waals surface area contributed by atoms with Gasteiger partial charge in [-0.3, -0.25) is 9.30 Å². The van der Waals surface area contributed by atoms with Crippen LogP contribution in [0.15, 0.2) is 42.6 Å².